The lowest BCUT2D eigenvalue weighted by Crippen LogP contribution is -2.29. The summed E-state index contributed by atoms with van der Waals surface area (Å²) >= 11 is 0. The molecule has 0 saturated carbocycles. The van der Waals surface area contributed by atoms with Gasteiger partial charge in [0.1, 0.15) is 0 Å². The molecule has 0 aliphatic carbocycles. The number of carbonyl (C=O) groups is 3. The molecule has 6 heteroatoms. The Balaban J connectivity index is 1.36. The van der Waals surface area contributed by atoms with E-state index in [1.54, 1.807) is 29.2 Å². The van der Waals surface area contributed by atoms with Crippen molar-refractivity contribution < 1.29 is 14.4 Å². The van der Waals surface area contributed by atoms with Crippen LogP contribution in [-0.4, -0.2) is 30.8 Å². The van der Waals surface area contributed by atoms with Gasteiger partial charge in [0, 0.05) is 30.5 Å². The highest BCUT2D eigenvalue weighted by Gasteiger charge is 2.29. The number of carbonyl (C=O) groups excluding carboxylic acids is 3. The second kappa shape index (κ2) is 9.64. The Morgan fingerprint density at radius 3 is 2.53 bits per heavy atom. The zero-order valence-corrected chi connectivity index (χ0v) is 18.2. The summed E-state index contributed by atoms with van der Waals surface area (Å²) in [6.45, 7) is 3.13. The molecule has 2 N–H and O–H groups in total. The second-order valence-corrected chi connectivity index (χ2v) is 7.94. The van der Waals surface area contributed by atoms with Crippen LogP contribution in [0.25, 0.3) is 10.8 Å². The van der Waals surface area contributed by atoms with E-state index < -0.39 is 0 Å². The predicted octanol–water partition coefficient (Wildman–Crippen LogP) is 4.75. The molecule has 1 heterocycles. The van der Waals surface area contributed by atoms with Crippen LogP contribution < -0.4 is 15.5 Å². The fourth-order valence-electron chi connectivity index (χ4n) is 4.08. The van der Waals surface area contributed by atoms with Crippen LogP contribution in [0.1, 0.15) is 53.3 Å². The molecule has 0 radical (unpaired) electrons. The van der Waals surface area contributed by atoms with Gasteiger partial charge in [-0.15, -0.1) is 0 Å². The van der Waals surface area contributed by atoms with E-state index in [1.165, 1.54) is 0 Å². The third-order valence-electron chi connectivity index (χ3n) is 5.70. The molecule has 32 heavy (non-hydrogen) atoms. The Labute approximate surface area is 187 Å². The minimum atomic E-state index is -0.192. The Morgan fingerprint density at radius 1 is 0.938 bits per heavy atom. The zero-order chi connectivity index (χ0) is 22.5. The predicted molar refractivity (Wildman–Crippen MR) is 127 cm³/mol. The molecule has 0 fully saturated rings. The first-order valence-corrected chi connectivity index (χ1v) is 11.1. The van der Waals surface area contributed by atoms with Crippen molar-refractivity contribution in [3.8, 4) is 0 Å². The van der Waals surface area contributed by atoms with E-state index in [0.717, 1.165) is 29.3 Å². The summed E-state index contributed by atoms with van der Waals surface area (Å²) in [5.41, 5.74) is 2.57. The summed E-state index contributed by atoms with van der Waals surface area (Å²) < 4.78 is 0. The summed E-state index contributed by atoms with van der Waals surface area (Å²) in [6, 6.07) is 18.7. The van der Waals surface area contributed by atoms with Crippen molar-refractivity contribution >= 4 is 39.9 Å². The maximum atomic E-state index is 12.9. The number of hydrogen-bond acceptors (Lipinski definition) is 3. The average Bonchev–Trinajstić information content (AvgIpc) is 3.07. The summed E-state index contributed by atoms with van der Waals surface area (Å²) in [4.78, 5) is 39.6. The van der Waals surface area contributed by atoms with Crippen LogP contribution in [-0.2, 0) is 4.79 Å². The topological polar surface area (TPSA) is 78.5 Å². The van der Waals surface area contributed by atoms with Gasteiger partial charge in [0.25, 0.3) is 11.8 Å². The van der Waals surface area contributed by atoms with Gasteiger partial charge in [0.05, 0.1) is 16.9 Å². The van der Waals surface area contributed by atoms with E-state index in [4.69, 9.17) is 0 Å². The summed E-state index contributed by atoms with van der Waals surface area (Å²) in [5, 5.41) is 7.76. The molecule has 0 spiro atoms. The van der Waals surface area contributed by atoms with Gasteiger partial charge in [-0.25, -0.2) is 0 Å². The molecule has 3 aromatic rings. The van der Waals surface area contributed by atoms with Gasteiger partial charge >= 0.3 is 0 Å². The normalized spacial score (nSPS) is 12.3. The zero-order valence-electron chi connectivity index (χ0n) is 18.2. The van der Waals surface area contributed by atoms with Crippen LogP contribution in [0, 0.1) is 0 Å². The van der Waals surface area contributed by atoms with Crippen molar-refractivity contribution in [3.05, 3.63) is 71.8 Å². The molecular weight excluding hydrogens is 402 g/mol. The Hall–Kier alpha value is -3.67. The monoisotopic (exact) mass is 429 g/mol. The number of amides is 3. The first-order chi connectivity index (χ1) is 15.6. The highest BCUT2D eigenvalue weighted by atomic mass is 16.2. The van der Waals surface area contributed by atoms with Crippen LogP contribution in [0.15, 0.2) is 60.7 Å². The molecule has 6 nitrogen and oxygen atoms in total. The highest BCUT2D eigenvalue weighted by Crippen LogP contribution is 2.37. The van der Waals surface area contributed by atoms with E-state index in [0.29, 0.717) is 36.3 Å². The minimum Gasteiger partial charge on any atom is -0.352 e. The quantitative estimate of drug-likeness (QED) is 0.482. The molecule has 1 aliphatic rings. The summed E-state index contributed by atoms with van der Waals surface area (Å²) in [7, 11) is 0. The molecule has 0 aromatic heterocycles. The first-order valence-electron chi connectivity index (χ1n) is 11.1. The van der Waals surface area contributed by atoms with E-state index in [1.807, 2.05) is 36.4 Å². The lowest BCUT2D eigenvalue weighted by molar-refractivity contribution is -0.116. The number of nitrogens with one attached hydrogen (secondary N) is 2. The van der Waals surface area contributed by atoms with Crippen LogP contribution >= 0.6 is 0 Å². The maximum absolute atomic E-state index is 12.9. The minimum absolute atomic E-state index is 0.0219. The highest BCUT2D eigenvalue weighted by molar-refractivity contribution is 6.25. The second-order valence-electron chi connectivity index (χ2n) is 7.94. The molecule has 1 aliphatic heterocycles. The molecule has 4 rings (SSSR count). The molecule has 3 amide bonds. The van der Waals surface area contributed by atoms with Crippen LogP contribution in [0.4, 0.5) is 11.4 Å². The smallest absolute Gasteiger partial charge is 0.258 e. The van der Waals surface area contributed by atoms with Gasteiger partial charge in [0.15, 0.2) is 0 Å². The summed E-state index contributed by atoms with van der Waals surface area (Å²) in [5.74, 6) is -0.393. The fourth-order valence-corrected chi connectivity index (χ4v) is 4.08. The third-order valence-corrected chi connectivity index (χ3v) is 5.70. The van der Waals surface area contributed by atoms with Gasteiger partial charge in [-0.3, -0.25) is 14.4 Å². The van der Waals surface area contributed by atoms with Crippen molar-refractivity contribution in [3.63, 3.8) is 0 Å². The van der Waals surface area contributed by atoms with Crippen molar-refractivity contribution in [1.82, 2.24) is 5.32 Å². The van der Waals surface area contributed by atoms with Gasteiger partial charge in [-0.1, -0.05) is 49.7 Å². The lowest BCUT2D eigenvalue weighted by atomic mass is 10.1. The number of benzene rings is 3. The maximum Gasteiger partial charge on any atom is 0.258 e. The van der Waals surface area contributed by atoms with Gasteiger partial charge in [-0.2, -0.15) is 0 Å². The van der Waals surface area contributed by atoms with E-state index in [9.17, 15) is 14.4 Å². The number of nitrogens with zero attached hydrogens (tertiary/aromatic N) is 1. The van der Waals surface area contributed by atoms with Gasteiger partial charge in [0.2, 0.25) is 5.91 Å². The fraction of sp³-hybridized carbons (Fsp3) is 0.269. The number of rotatable bonds is 9. The van der Waals surface area contributed by atoms with Crippen LogP contribution in [0.5, 0.6) is 0 Å². The molecule has 0 saturated heterocycles. The number of unbranched alkanes of at least 4 members (excludes halogenated alkanes) is 1. The van der Waals surface area contributed by atoms with Crippen LogP contribution in [0.3, 0.4) is 0 Å². The van der Waals surface area contributed by atoms with Crippen molar-refractivity contribution in [2.45, 2.75) is 32.6 Å². The SMILES string of the molecule is CCCCNC(=O)c1ccccc1NC(=O)CCCN1C(=O)c2cccc3cccc1c23. The van der Waals surface area contributed by atoms with Gasteiger partial charge < -0.3 is 15.5 Å². The molecule has 0 bridgehead atoms. The Bertz CT molecular complexity index is 1170. The van der Waals surface area contributed by atoms with E-state index in [-0.39, 0.29) is 24.1 Å². The number of anilines is 2. The van der Waals surface area contributed by atoms with E-state index >= 15 is 0 Å². The van der Waals surface area contributed by atoms with Crippen molar-refractivity contribution in [2.24, 2.45) is 0 Å². The standard InChI is InChI=1S/C26H27N3O3/c1-2-3-16-27-25(31)19-11-4-5-13-21(19)28-23(30)15-8-17-29-22-14-7-10-18-9-6-12-20(24(18)22)26(29)32/h4-7,9-14H,2-3,8,15-17H2,1H3,(H,27,31)(H,28,30). The molecule has 164 valence electrons. The summed E-state index contributed by atoms with van der Waals surface area (Å²) in [6.07, 6.45) is 2.68. The lowest BCUT2D eigenvalue weighted by Gasteiger charge is -2.17. The van der Waals surface area contributed by atoms with Gasteiger partial charge in [-0.05, 0) is 42.5 Å². The first kappa shape index (κ1) is 21.6. The molecular formula is C26H27N3O3. The molecule has 3 aromatic carbocycles. The third kappa shape index (κ3) is 4.35. The largest absolute Gasteiger partial charge is 0.352 e. The van der Waals surface area contributed by atoms with Crippen LogP contribution in [0.2, 0.25) is 0 Å². The average molecular weight is 430 g/mol. The molecule has 0 unspecified atom stereocenters. The Morgan fingerprint density at radius 2 is 1.72 bits per heavy atom. The number of hydrogen-bond donors (Lipinski definition) is 2. The van der Waals surface area contributed by atoms with Crippen molar-refractivity contribution in [2.75, 3.05) is 23.3 Å². The molecule has 0 atom stereocenters. The number of para-hydroxylation sites is 1. The Kier molecular flexibility index (Phi) is 6.50. The van der Waals surface area contributed by atoms with Crippen molar-refractivity contribution in [1.29, 1.82) is 0 Å². The van der Waals surface area contributed by atoms with E-state index in [2.05, 4.69) is 17.6 Å².